The first-order chi connectivity index (χ1) is 8.48. The van der Waals surface area contributed by atoms with Crippen LogP contribution in [0, 0.1) is 37.5 Å². The number of hydrogen-bond acceptors (Lipinski definition) is 2. The highest BCUT2D eigenvalue weighted by molar-refractivity contribution is 5.88. The van der Waals surface area contributed by atoms with E-state index in [4.69, 9.17) is 5.26 Å². The normalized spacial score (nSPS) is 15.9. The third-order valence-electron chi connectivity index (χ3n) is 3.66. The number of rotatable bonds is 3. The average Bonchev–Trinajstić information content (AvgIpc) is 3.08. The average molecular weight is 242 g/mol. The van der Waals surface area contributed by atoms with E-state index in [2.05, 4.69) is 44.3 Å². The lowest BCUT2D eigenvalue weighted by Crippen LogP contribution is -2.31. The molecule has 1 saturated carbocycles. The highest BCUT2D eigenvalue weighted by Gasteiger charge is 2.50. The van der Waals surface area contributed by atoms with Gasteiger partial charge in [0.25, 0.3) is 0 Å². The van der Waals surface area contributed by atoms with Crippen molar-refractivity contribution in [1.29, 1.82) is 5.26 Å². The van der Waals surface area contributed by atoms with Gasteiger partial charge in [-0.2, -0.15) is 5.26 Å². The molecule has 0 unspecified atom stereocenters. The second-order valence-corrected chi connectivity index (χ2v) is 5.25. The maximum Gasteiger partial charge on any atom is 0.240 e. The zero-order valence-corrected chi connectivity index (χ0v) is 11.1. The van der Waals surface area contributed by atoms with Gasteiger partial charge in [-0.3, -0.25) is 4.79 Å². The fourth-order valence-corrected chi connectivity index (χ4v) is 2.34. The van der Waals surface area contributed by atoms with Crippen LogP contribution in [0.5, 0.6) is 0 Å². The summed E-state index contributed by atoms with van der Waals surface area (Å²) in [5, 5.41) is 11.9. The summed E-state index contributed by atoms with van der Waals surface area (Å²) in [6.45, 7) is 6.69. The van der Waals surface area contributed by atoms with Gasteiger partial charge in [0.15, 0.2) is 0 Å². The summed E-state index contributed by atoms with van der Waals surface area (Å²) in [6.07, 6.45) is 1.39. The van der Waals surface area contributed by atoms with Crippen LogP contribution in [-0.2, 0) is 11.3 Å². The Morgan fingerprint density at radius 2 is 1.89 bits per heavy atom. The van der Waals surface area contributed by atoms with Gasteiger partial charge in [0.05, 0.1) is 6.07 Å². The number of nitrogens with zero attached hydrogens (tertiary/aromatic N) is 1. The van der Waals surface area contributed by atoms with Crippen LogP contribution >= 0.6 is 0 Å². The monoisotopic (exact) mass is 242 g/mol. The minimum atomic E-state index is -0.730. The van der Waals surface area contributed by atoms with E-state index in [1.165, 1.54) is 16.7 Å². The molecule has 94 valence electrons. The largest absolute Gasteiger partial charge is 0.351 e. The van der Waals surface area contributed by atoms with Crippen molar-refractivity contribution in [2.75, 3.05) is 0 Å². The number of carbonyl (C=O) groups excluding carboxylic acids is 1. The van der Waals surface area contributed by atoms with Crippen molar-refractivity contribution in [3.8, 4) is 6.07 Å². The lowest BCUT2D eigenvalue weighted by Gasteiger charge is -2.13. The number of hydrogen-bond donors (Lipinski definition) is 1. The van der Waals surface area contributed by atoms with E-state index in [0.717, 1.165) is 5.56 Å². The number of carbonyl (C=O) groups is 1. The Hall–Kier alpha value is -1.82. The number of amides is 1. The number of benzene rings is 1. The van der Waals surface area contributed by atoms with Gasteiger partial charge in [-0.1, -0.05) is 17.7 Å². The Kier molecular flexibility index (Phi) is 3.13. The molecule has 1 aliphatic carbocycles. The molecule has 2 rings (SSSR count). The van der Waals surface area contributed by atoms with Crippen molar-refractivity contribution in [2.24, 2.45) is 5.41 Å². The zero-order valence-electron chi connectivity index (χ0n) is 11.1. The third kappa shape index (κ3) is 2.24. The molecule has 18 heavy (non-hydrogen) atoms. The number of nitriles is 1. The van der Waals surface area contributed by atoms with Crippen LogP contribution in [-0.4, -0.2) is 5.91 Å². The van der Waals surface area contributed by atoms with E-state index in [0.29, 0.717) is 19.4 Å². The summed E-state index contributed by atoms with van der Waals surface area (Å²) in [4.78, 5) is 11.9. The van der Waals surface area contributed by atoms with Crippen LogP contribution in [0.3, 0.4) is 0 Å². The summed E-state index contributed by atoms with van der Waals surface area (Å²) in [5.74, 6) is -0.121. The molecule has 3 heteroatoms. The summed E-state index contributed by atoms with van der Waals surface area (Å²) in [6, 6.07) is 6.35. The summed E-state index contributed by atoms with van der Waals surface area (Å²) in [5.41, 5.74) is 4.04. The van der Waals surface area contributed by atoms with E-state index in [-0.39, 0.29) is 5.91 Å². The van der Waals surface area contributed by atoms with Gasteiger partial charge in [0.2, 0.25) is 5.91 Å². The molecule has 1 aliphatic rings. The van der Waals surface area contributed by atoms with Crippen molar-refractivity contribution < 1.29 is 4.79 Å². The Morgan fingerprint density at radius 3 is 2.33 bits per heavy atom. The minimum Gasteiger partial charge on any atom is -0.351 e. The van der Waals surface area contributed by atoms with Crippen molar-refractivity contribution in [3.63, 3.8) is 0 Å². The van der Waals surface area contributed by atoms with Crippen LogP contribution in [0.25, 0.3) is 0 Å². The molecular weight excluding hydrogens is 224 g/mol. The van der Waals surface area contributed by atoms with Gasteiger partial charge in [0, 0.05) is 6.54 Å². The first-order valence-electron chi connectivity index (χ1n) is 6.25. The van der Waals surface area contributed by atoms with Crippen LogP contribution in [0.4, 0.5) is 0 Å². The van der Waals surface area contributed by atoms with Gasteiger partial charge in [-0.15, -0.1) is 0 Å². The Labute approximate surface area is 108 Å². The summed E-state index contributed by atoms with van der Waals surface area (Å²) < 4.78 is 0. The van der Waals surface area contributed by atoms with Crippen molar-refractivity contribution in [3.05, 3.63) is 34.4 Å². The Bertz CT molecular complexity index is 513. The van der Waals surface area contributed by atoms with Gasteiger partial charge < -0.3 is 5.32 Å². The fourth-order valence-electron chi connectivity index (χ4n) is 2.34. The molecule has 0 aromatic heterocycles. The molecule has 1 aromatic rings. The molecule has 0 aliphatic heterocycles. The molecule has 0 heterocycles. The zero-order chi connectivity index (χ0) is 13.3. The number of nitrogens with one attached hydrogen (secondary N) is 1. The topological polar surface area (TPSA) is 52.9 Å². The van der Waals surface area contributed by atoms with Crippen LogP contribution < -0.4 is 5.32 Å². The molecule has 1 amide bonds. The van der Waals surface area contributed by atoms with Crippen LogP contribution in [0.2, 0.25) is 0 Å². The van der Waals surface area contributed by atoms with E-state index < -0.39 is 5.41 Å². The second kappa shape index (κ2) is 4.45. The quantitative estimate of drug-likeness (QED) is 0.885. The molecule has 3 nitrogen and oxygen atoms in total. The predicted octanol–water partition coefficient (Wildman–Crippen LogP) is 2.53. The molecular formula is C15H18N2O. The first-order valence-corrected chi connectivity index (χ1v) is 6.25. The SMILES string of the molecule is Cc1cc(C)c(CNC(=O)C2(C#N)CC2)c(C)c1. The Morgan fingerprint density at radius 1 is 1.33 bits per heavy atom. The highest BCUT2D eigenvalue weighted by Crippen LogP contribution is 2.45. The molecule has 0 atom stereocenters. The molecule has 0 bridgehead atoms. The minimum absolute atomic E-state index is 0.121. The lowest BCUT2D eigenvalue weighted by molar-refractivity contribution is -0.124. The molecule has 0 radical (unpaired) electrons. The van der Waals surface area contributed by atoms with Gasteiger partial charge in [0.1, 0.15) is 5.41 Å². The van der Waals surface area contributed by atoms with E-state index >= 15 is 0 Å². The van der Waals surface area contributed by atoms with Crippen LogP contribution in [0.1, 0.15) is 35.1 Å². The van der Waals surface area contributed by atoms with Crippen LogP contribution in [0.15, 0.2) is 12.1 Å². The summed E-state index contributed by atoms with van der Waals surface area (Å²) >= 11 is 0. The van der Waals surface area contributed by atoms with E-state index in [1.807, 2.05) is 0 Å². The van der Waals surface area contributed by atoms with Crippen molar-refractivity contribution >= 4 is 5.91 Å². The van der Waals surface area contributed by atoms with E-state index in [9.17, 15) is 4.79 Å². The molecule has 0 spiro atoms. The predicted molar refractivity (Wildman–Crippen MR) is 69.8 cm³/mol. The maximum absolute atomic E-state index is 11.9. The van der Waals surface area contributed by atoms with Gasteiger partial charge in [-0.25, -0.2) is 0 Å². The van der Waals surface area contributed by atoms with Gasteiger partial charge >= 0.3 is 0 Å². The van der Waals surface area contributed by atoms with E-state index in [1.54, 1.807) is 0 Å². The van der Waals surface area contributed by atoms with Gasteiger partial charge in [-0.05, 0) is 50.3 Å². The molecule has 0 saturated heterocycles. The molecule has 1 fully saturated rings. The highest BCUT2D eigenvalue weighted by atomic mass is 16.2. The lowest BCUT2D eigenvalue weighted by atomic mass is 9.99. The Balaban J connectivity index is 2.08. The fraction of sp³-hybridized carbons (Fsp3) is 0.467. The molecule has 1 N–H and O–H groups in total. The third-order valence-corrected chi connectivity index (χ3v) is 3.66. The van der Waals surface area contributed by atoms with Crippen molar-refractivity contribution in [1.82, 2.24) is 5.32 Å². The van der Waals surface area contributed by atoms with Crippen molar-refractivity contribution in [2.45, 2.75) is 40.2 Å². The standard InChI is InChI=1S/C15H18N2O/c1-10-6-11(2)13(12(3)7-10)8-17-14(18)15(9-16)4-5-15/h6-7H,4-5,8H2,1-3H3,(H,17,18). The maximum atomic E-state index is 11.9. The summed E-state index contributed by atoms with van der Waals surface area (Å²) in [7, 11) is 0. The first kappa shape index (κ1) is 12.6. The second-order valence-electron chi connectivity index (χ2n) is 5.25. The molecule has 1 aromatic carbocycles. The smallest absolute Gasteiger partial charge is 0.240 e. The number of aryl methyl sites for hydroxylation is 3.